The van der Waals surface area contributed by atoms with E-state index in [4.69, 9.17) is 10.5 Å². The molecule has 5 heteroatoms. The van der Waals surface area contributed by atoms with E-state index in [0.717, 1.165) is 11.6 Å². The molecule has 0 amide bonds. The summed E-state index contributed by atoms with van der Waals surface area (Å²) in [6.45, 7) is 0.177. The molecule has 0 bridgehead atoms. The fourth-order valence-corrected chi connectivity index (χ4v) is 1.52. The molecule has 0 spiro atoms. The molecule has 0 fully saturated rings. The maximum Gasteiger partial charge on any atom is 0.331 e. The molecule has 1 aromatic heterocycles. The van der Waals surface area contributed by atoms with Gasteiger partial charge in [0.2, 0.25) is 5.95 Å². The number of nitrogen functional groups attached to an aromatic ring is 1. The van der Waals surface area contributed by atoms with E-state index < -0.39 is 11.9 Å². The van der Waals surface area contributed by atoms with Gasteiger partial charge in [-0.25, -0.2) is 9.78 Å². The minimum Gasteiger partial charge on any atom is -0.458 e. The van der Waals surface area contributed by atoms with Crippen molar-refractivity contribution in [2.75, 3.05) is 5.73 Å². The van der Waals surface area contributed by atoms with Crippen molar-refractivity contribution in [1.29, 1.82) is 0 Å². The van der Waals surface area contributed by atoms with Crippen molar-refractivity contribution in [3.8, 4) is 0 Å². The van der Waals surface area contributed by atoms with E-state index in [1.54, 1.807) is 0 Å². The molecule has 0 aliphatic rings. The highest BCUT2D eigenvalue weighted by atomic mass is 19.1. The number of hydrogen-bond acceptors (Lipinski definition) is 4. The Balaban J connectivity index is 1.94. The number of esters is 1. The largest absolute Gasteiger partial charge is 0.458 e. The maximum absolute atomic E-state index is 12.9. The Bertz CT molecular complexity index is 627. The Morgan fingerprint density at radius 3 is 2.75 bits per heavy atom. The summed E-state index contributed by atoms with van der Waals surface area (Å²) in [5.74, 6) is -1.20. The predicted octanol–water partition coefficient (Wildman–Crippen LogP) is 2.56. The molecule has 0 atom stereocenters. The first-order chi connectivity index (χ1) is 9.65. The number of anilines is 1. The van der Waals surface area contributed by atoms with Crippen molar-refractivity contribution >= 4 is 17.7 Å². The average molecular weight is 272 g/mol. The van der Waals surface area contributed by atoms with Crippen LogP contribution in [-0.4, -0.2) is 11.0 Å². The Hall–Kier alpha value is -2.69. The Morgan fingerprint density at radius 2 is 2.00 bits per heavy atom. The fraction of sp³-hybridized carbons (Fsp3) is 0.0667. The predicted molar refractivity (Wildman–Crippen MR) is 73.9 cm³/mol. The molecule has 0 saturated heterocycles. The number of nitrogens with zero attached hydrogens (tertiary/aromatic N) is 1. The van der Waals surface area contributed by atoms with Gasteiger partial charge in [-0.15, -0.1) is 0 Å². The van der Waals surface area contributed by atoms with E-state index >= 15 is 0 Å². The van der Waals surface area contributed by atoms with Crippen LogP contribution in [-0.2, 0) is 16.1 Å². The smallest absolute Gasteiger partial charge is 0.331 e. The van der Waals surface area contributed by atoms with Crippen LogP contribution in [0, 0.1) is 5.95 Å². The first-order valence-corrected chi connectivity index (χ1v) is 5.96. The standard InChI is InChI=1S/C15H13FN2O2/c16-14-8-6-12(17)13(18-14)7-9-15(19)20-10-11-4-2-1-3-5-11/h1-9H,10,17H2/b9-7+. The second-order valence-electron chi connectivity index (χ2n) is 4.04. The molecule has 2 aromatic rings. The van der Waals surface area contributed by atoms with Crippen molar-refractivity contribution < 1.29 is 13.9 Å². The first kappa shape index (κ1) is 13.7. The number of nitrogens with two attached hydrogens (primary N) is 1. The van der Waals surface area contributed by atoms with Crippen LogP contribution in [0.1, 0.15) is 11.3 Å². The van der Waals surface area contributed by atoms with Crippen LogP contribution in [0.4, 0.5) is 10.1 Å². The van der Waals surface area contributed by atoms with Gasteiger partial charge in [-0.2, -0.15) is 4.39 Å². The zero-order chi connectivity index (χ0) is 14.4. The lowest BCUT2D eigenvalue weighted by molar-refractivity contribution is -0.138. The summed E-state index contributed by atoms with van der Waals surface area (Å²) in [5, 5.41) is 0. The van der Waals surface area contributed by atoms with Gasteiger partial charge in [-0.05, 0) is 23.8 Å². The highest BCUT2D eigenvalue weighted by Gasteiger charge is 2.02. The van der Waals surface area contributed by atoms with Crippen molar-refractivity contribution in [3.63, 3.8) is 0 Å². The van der Waals surface area contributed by atoms with Gasteiger partial charge in [-0.1, -0.05) is 30.3 Å². The molecule has 0 radical (unpaired) electrons. The van der Waals surface area contributed by atoms with Crippen LogP contribution in [0.3, 0.4) is 0 Å². The number of ether oxygens (including phenoxy) is 1. The fourth-order valence-electron chi connectivity index (χ4n) is 1.52. The Kier molecular flexibility index (Phi) is 4.44. The van der Waals surface area contributed by atoms with Crippen molar-refractivity contribution in [3.05, 3.63) is 65.7 Å². The monoisotopic (exact) mass is 272 g/mol. The average Bonchev–Trinajstić information content (AvgIpc) is 2.47. The number of pyridine rings is 1. The number of benzene rings is 1. The van der Waals surface area contributed by atoms with Gasteiger partial charge in [0.05, 0.1) is 11.4 Å². The topological polar surface area (TPSA) is 65.2 Å². The summed E-state index contributed by atoms with van der Waals surface area (Å²) in [5.41, 5.74) is 6.98. The van der Waals surface area contributed by atoms with Gasteiger partial charge in [0.15, 0.2) is 0 Å². The second-order valence-corrected chi connectivity index (χ2v) is 4.04. The van der Waals surface area contributed by atoms with Crippen LogP contribution in [0.25, 0.3) is 6.08 Å². The molecule has 0 aliphatic heterocycles. The molecule has 1 heterocycles. The summed E-state index contributed by atoms with van der Waals surface area (Å²) in [6.07, 6.45) is 2.49. The van der Waals surface area contributed by atoms with Crippen LogP contribution in [0.2, 0.25) is 0 Å². The number of aromatic nitrogens is 1. The van der Waals surface area contributed by atoms with E-state index in [1.165, 1.54) is 18.2 Å². The number of halogens is 1. The number of carbonyl (C=O) groups excluding carboxylic acids is 1. The summed E-state index contributed by atoms with van der Waals surface area (Å²) < 4.78 is 18.0. The third kappa shape index (κ3) is 3.91. The molecule has 0 aliphatic carbocycles. The SMILES string of the molecule is Nc1ccc(F)nc1/C=C/C(=O)OCc1ccccc1. The first-order valence-electron chi connectivity index (χ1n) is 5.96. The van der Waals surface area contributed by atoms with Gasteiger partial charge in [0.1, 0.15) is 6.61 Å². The van der Waals surface area contributed by atoms with Crippen molar-refractivity contribution in [2.24, 2.45) is 0 Å². The van der Waals surface area contributed by atoms with E-state index in [0.29, 0.717) is 5.69 Å². The summed E-state index contributed by atoms with van der Waals surface area (Å²) in [4.78, 5) is 15.1. The molecule has 20 heavy (non-hydrogen) atoms. The number of carbonyl (C=O) groups is 1. The van der Waals surface area contributed by atoms with E-state index in [2.05, 4.69) is 4.98 Å². The molecular formula is C15H13FN2O2. The van der Waals surface area contributed by atoms with Gasteiger partial charge in [0.25, 0.3) is 0 Å². The summed E-state index contributed by atoms with van der Waals surface area (Å²) in [7, 11) is 0. The summed E-state index contributed by atoms with van der Waals surface area (Å²) in [6, 6.07) is 11.8. The zero-order valence-electron chi connectivity index (χ0n) is 10.6. The highest BCUT2D eigenvalue weighted by Crippen LogP contribution is 2.11. The molecule has 102 valence electrons. The summed E-state index contributed by atoms with van der Waals surface area (Å²) >= 11 is 0. The van der Waals surface area contributed by atoms with E-state index in [1.807, 2.05) is 30.3 Å². The molecule has 2 N–H and O–H groups in total. The minimum absolute atomic E-state index is 0.177. The highest BCUT2D eigenvalue weighted by molar-refractivity contribution is 5.87. The molecular weight excluding hydrogens is 259 g/mol. The van der Waals surface area contributed by atoms with Gasteiger partial charge < -0.3 is 10.5 Å². The minimum atomic E-state index is -0.656. The third-order valence-electron chi connectivity index (χ3n) is 2.52. The quantitative estimate of drug-likeness (QED) is 0.528. The van der Waals surface area contributed by atoms with E-state index in [9.17, 15) is 9.18 Å². The van der Waals surface area contributed by atoms with Gasteiger partial charge >= 0.3 is 5.97 Å². The third-order valence-corrected chi connectivity index (χ3v) is 2.52. The normalized spacial score (nSPS) is 10.7. The van der Waals surface area contributed by atoms with Crippen molar-refractivity contribution in [1.82, 2.24) is 4.98 Å². The Morgan fingerprint density at radius 1 is 1.25 bits per heavy atom. The second kappa shape index (κ2) is 6.47. The van der Waals surface area contributed by atoms with Crippen LogP contribution in [0.15, 0.2) is 48.5 Å². The van der Waals surface area contributed by atoms with Crippen LogP contribution < -0.4 is 5.73 Å². The van der Waals surface area contributed by atoms with E-state index in [-0.39, 0.29) is 12.3 Å². The molecule has 0 unspecified atom stereocenters. The molecule has 4 nitrogen and oxygen atoms in total. The lowest BCUT2D eigenvalue weighted by Gasteiger charge is -2.02. The molecule has 1 aromatic carbocycles. The molecule has 0 saturated carbocycles. The van der Waals surface area contributed by atoms with Crippen molar-refractivity contribution in [2.45, 2.75) is 6.61 Å². The number of rotatable bonds is 4. The lowest BCUT2D eigenvalue weighted by Crippen LogP contribution is -2.01. The number of hydrogen-bond donors (Lipinski definition) is 1. The van der Waals surface area contributed by atoms with Crippen LogP contribution >= 0.6 is 0 Å². The van der Waals surface area contributed by atoms with Gasteiger partial charge in [-0.3, -0.25) is 0 Å². The van der Waals surface area contributed by atoms with Gasteiger partial charge in [0, 0.05) is 6.08 Å². The van der Waals surface area contributed by atoms with Crippen LogP contribution in [0.5, 0.6) is 0 Å². The maximum atomic E-state index is 12.9. The Labute approximate surface area is 115 Å². The lowest BCUT2D eigenvalue weighted by atomic mass is 10.2. The molecule has 2 rings (SSSR count). The zero-order valence-corrected chi connectivity index (χ0v) is 10.6.